The second-order valence-electron chi connectivity index (χ2n) is 6.88. The number of amides is 1. The lowest BCUT2D eigenvalue weighted by Gasteiger charge is -2.34. The summed E-state index contributed by atoms with van der Waals surface area (Å²) in [4.78, 5) is 16.7. The van der Waals surface area contributed by atoms with Gasteiger partial charge < -0.3 is 10.2 Å². The zero-order chi connectivity index (χ0) is 19.8. The molecule has 29 heavy (non-hydrogen) atoms. The van der Waals surface area contributed by atoms with Crippen LogP contribution in [0, 0.1) is 11.6 Å². The van der Waals surface area contributed by atoms with Crippen LogP contribution in [-0.4, -0.2) is 55.0 Å². The molecule has 156 valence electrons. The predicted octanol–water partition coefficient (Wildman–Crippen LogP) is 4.05. The van der Waals surface area contributed by atoms with Crippen LogP contribution in [-0.2, 0) is 4.79 Å². The molecule has 1 fully saturated rings. The van der Waals surface area contributed by atoms with Gasteiger partial charge in [0.15, 0.2) is 11.6 Å². The minimum Gasteiger partial charge on any atom is -0.326 e. The zero-order valence-corrected chi connectivity index (χ0v) is 17.0. The molecule has 1 aliphatic rings. The monoisotopic (exact) mass is 421 g/mol. The van der Waals surface area contributed by atoms with E-state index in [9.17, 15) is 13.6 Å². The van der Waals surface area contributed by atoms with Gasteiger partial charge in [0.2, 0.25) is 5.91 Å². The summed E-state index contributed by atoms with van der Waals surface area (Å²) in [6, 6.07) is 13.6. The Morgan fingerprint density at radius 3 is 2.34 bits per heavy atom. The third-order valence-corrected chi connectivity index (χ3v) is 4.80. The number of hydrogen-bond acceptors (Lipinski definition) is 3. The Balaban J connectivity index is 0.00000300. The molecule has 0 radical (unpaired) electrons. The molecule has 2 aromatic rings. The smallest absolute Gasteiger partial charge is 0.225 e. The summed E-state index contributed by atoms with van der Waals surface area (Å²) < 4.78 is 26.1. The van der Waals surface area contributed by atoms with Crippen LogP contribution in [0.1, 0.15) is 12.0 Å². The highest BCUT2D eigenvalue weighted by atomic mass is 35.5. The SMILES string of the molecule is Cl.O=C(CCN1CCN(C/C=C/c2ccccc2)CC1)Nc1ccc(F)c(F)c1. The number of nitrogens with zero attached hydrogens (tertiary/aromatic N) is 2. The van der Waals surface area contributed by atoms with Gasteiger partial charge >= 0.3 is 0 Å². The number of halogens is 3. The van der Waals surface area contributed by atoms with E-state index in [0.29, 0.717) is 13.0 Å². The molecule has 2 aromatic carbocycles. The van der Waals surface area contributed by atoms with Gasteiger partial charge in [0.1, 0.15) is 0 Å². The first-order chi connectivity index (χ1) is 13.6. The fraction of sp³-hybridized carbons (Fsp3) is 0.318. The molecule has 1 aliphatic heterocycles. The molecule has 0 aromatic heterocycles. The topological polar surface area (TPSA) is 35.6 Å². The van der Waals surface area contributed by atoms with Gasteiger partial charge in [-0.25, -0.2) is 8.78 Å². The largest absolute Gasteiger partial charge is 0.326 e. The molecule has 1 N–H and O–H groups in total. The lowest BCUT2D eigenvalue weighted by molar-refractivity contribution is -0.116. The third kappa shape index (κ3) is 7.57. The number of rotatable bonds is 7. The average molecular weight is 422 g/mol. The van der Waals surface area contributed by atoms with E-state index in [0.717, 1.165) is 44.9 Å². The van der Waals surface area contributed by atoms with Crippen LogP contribution in [0.5, 0.6) is 0 Å². The van der Waals surface area contributed by atoms with E-state index in [1.807, 2.05) is 18.2 Å². The van der Waals surface area contributed by atoms with Crippen molar-refractivity contribution in [1.82, 2.24) is 9.80 Å². The summed E-state index contributed by atoms with van der Waals surface area (Å²) in [6.45, 7) is 5.33. The van der Waals surface area contributed by atoms with E-state index in [1.54, 1.807) is 0 Å². The molecular weight excluding hydrogens is 396 g/mol. The van der Waals surface area contributed by atoms with Crippen LogP contribution in [0.3, 0.4) is 0 Å². The Morgan fingerprint density at radius 1 is 0.966 bits per heavy atom. The molecule has 4 nitrogen and oxygen atoms in total. The van der Waals surface area contributed by atoms with Crippen molar-refractivity contribution in [2.75, 3.05) is 44.6 Å². The van der Waals surface area contributed by atoms with Crippen molar-refractivity contribution >= 4 is 30.1 Å². The molecule has 1 amide bonds. The summed E-state index contributed by atoms with van der Waals surface area (Å²) in [5, 5.41) is 2.61. The number of piperazine rings is 1. The lowest BCUT2D eigenvalue weighted by Crippen LogP contribution is -2.46. The van der Waals surface area contributed by atoms with Gasteiger partial charge in [-0.2, -0.15) is 0 Å². The minimum absolute atomic E-state index is 0. The van der Waals surface area contributed by atoms with E-state index in [4.69, 9.17) is 0 Å². The molecule has 1 heterocycles. The summed E-state index contributed by atoms with van der Waals surface area (Å²) in [7, 11) is 0. The minimum atomic E-state index is -0.963. The normalized spacial score (nSPS) is 15.2. The summed E-state index contributed by atoms with van der Waals surface area (Å²) in [5.41, 5.74) is 1.48. The Bertz CT molecular complexity index is 809. The van der Waals surface area contributed by atoms with E-state index in [-0.39, 0.29) is 24.0 Å². The molecule has 0 spiro atoms. The van der Waals surface area contributed by atoms with E-state index in [1.165, 1.54) is 11.6 Å². The van der Waals surface area contributed by atoms with Crippen molar-refractivity contribution in [2.45, 2.75) is 6.42 Å². The van der Waals surface area contributed by atoms with Gasteiger partial charge in [-0.15, -0.1) is 12.4 Å². The molecule has 7 heteroatoms. The number of benzene rings is 2. The first kappa shape index (κ1) is 23.0. The molecule has 0 bridgehead atoms. The van der Waals surface area contributed by atoms with Crippen molar-refractivity contribution in [2.24, 2.45) is 0 Å². The van der Waals surface area contributed by atoms with Crippen LogP contribution in [0.25, 0.3) is 6.08 Å². The van der Waals surface area contributed by atoms with Crippen molar-refractivity contribution < 1.29 is 13.6 Å². The Hall–Kier alpha value is -2.28. The quantitative estimate of drug-likeness (QED) is 0.732. The highest BCUT2D eigenvalue weighted by Gasteiger charge is 2.16. The Kier molecular flexibility index (Phi) is 9.25. The maximum Gasteiger partial charge on any atom is 0.225 e. The van der Waals surface area contributed by atoms with Gasteiger partial charge in [-0.3, -0.25) is 9.69 Å². The Labute approximate surface area is 176 Å². The van der Waals surface area contributed by atoms with Crippen LogP contribution in [0.2, 0.25) is 0 Å². The number of carbonyl (C=O) groups excluding carboxylic acids is 1. The Morgan fingerprint density at radius 2 is 1.66 bits per heavy atom. The summed E-state index contributed by atoms with van der Waals surface area (Å²) in [5.74, 6) is -2.08. The second-order valence-corrected chi connectivity index (χ2v) is 6.88. The third-order valence-electron chi connectivity index (χ3n) is 4.80. The highest BCUT2D eigenvalue weighted by molar-refractivity contribution is 5.90. The van der Waals surface area contributed by atoms with E-state index >= 15 is 0 Å². The maximum atomic E-state index is 13.2. The first-order valence-electron chi connectivity index (χ1n) is 9.51. The van der Waals surface area contributed by atoms with Crippen LogP contribution in [0.15, 0.2) is 54.6 Å². The second kappa shape index (κ2) is 11.7. The van der Waals surface area contributed by atoms with Crippen molar-refractivity contribution in [1.29, 1.82) is 0 Å². The molecular formula is C22H26ClF2N3O. The van der Waals surface area contributed by atoms with Crippen LogP contribution >= 0.6 is 12.4 Å². The van der Waals surface area contributed by atoms with Crippen LogP contribution < -0.4 is 5.32 Å². The average Bonchev–Trinajstić information content (AvgIpc) is 2.71. The van der Waals surface area contributed by atoms with Crippen molar-refractivity contribution in [3.05, 3.63) is 71.8 Å². The molecule has 0 saturated carbocycles. The van der Waals surface area contributed by atoms with Gasteiger partial charge in [0, 0.05) is 57.4 Å². The summed E-state index contributed by atoms with van der Waals surface area (Å²) >= 11 is 0. The molecule has 3 rings (SSSR count). The van der Waals surface area contributed by atoms with Crippen LogP contribution in [0.4, 0.5) is 14.5 Å². The van der Waals surface area contributed by atoms with Gasteiger partial charge in [0.05, 0.1) is 0 Å². The standard InChI is InChI=1S/C22H25F2N3O.ClH/c23-20-9-8-19(17-21(20)24)25-22(28)10-12-27-15-13-26(14-16-27)11-4-7-18-5-2-1-3-6-18;/h1-9,17H,10-16H2,(H,25,28);1H/b7-4+;. The molecule has 1 saturated heterocycles. The van der Waals surface area contributed by atoms with Crippen molar-refractivity contribution in [3.8, 4) is 0 Å². The number of anilines is 1. The predicted molar refractivity (Wildman–Crippen MR) is 115 cm³/mol. The fourth-order valence-electron chi connectivity index (χ4n) is 3.15. The maximum absolute atomic E-state index is 13.2. The van der Waals surface area contributed by atoms with Gasteiger partial charge in [-0.1, -0.05) is 42.5 Å². The number of hydrogen-bond donors (Lipinski definition) is 1. The molecule has 0 aliphatic carbocycles. The van der Waals surface area contributed by atoms with Crippen molar-refractivity contribution in [3.63, 3.8) is 0 Å². The highest BCUT2D eigenvalue weighted by Crippen LogP contribution is 2.13. The number of carbonyl (C=O) groups is 1. The first-order valence-corrected chi connectivity index (χ1v) is 9.51. The van der Waals surface area contributed by atoms with E-state index < -0.39 is 11.6 Å². The molecule has 0 unspecified atom stereocenters. The van der Waals surface area contributed by atoms with E-state index in [2.05, 4.69) is 39.4 Å². The fourth-order valence-corrected chi connectivity index (χ4v) is 3.15. The van der Waals surface area contributed by atoms with Gasteiger partial charge in [-0.05, 0) is 17.7 Å². The van der Waals surface area contributed by atoms with Gasteiger partial charge in [0.25, 0.3) is 0 Å². The number of nitrogens with one attached hydrogen (secondary N) is 1. The lowest BCUT2D eigenvalue weighted by atomic mass is 10.2. The summed E-state index contributed by atoms with van der Waals surface area (Å²) in [6.07, 6.45) is 4.64. The zero-order valence-electron chi connectivity index (χ0n) is 16.2. The molecule has 0 atom stereocenters.